The minimum atomic E-state index is -0.298. The van der Waals surface area contributed by atoms with Gasteiger partial charge in [0, 0.05) is 18.8 Å². The number of aliphatic hydroxyl groups excluding tert-OH is 1. The molecule has 2 rings (SSSR count). The fraction of sp³-hybridized carbons (Fsp3) is 0.667. The van der Waals surface area contributed by atoms with Crippen molar-refractivity contribution in [2.45, 2.75) is 38.9 Å². The van der Waals surface area contributed by atoms with E-state index in [0.29, 0.717) is 24.3 Å². The molecule has 1 aromatic heterocycles. The number of rotatable bonds is 6. The van der Waals surface area contributed by atoms with E-state index in [-0.39, 0.29) is 12.2 Å². The first-order valence-electron chi connectivity index (χ1n) is 6.07. The van der Waals surface area contributed by atoms with Crippen LogP contribution >= 0.6 is 0 Å². The van der Waals surface area contributed by atoms with Gasteiger partial charge in [-0.3, -0.25) is 0 Å². The number of nitrogens with one attached hydrogen (secondary N) is 1. The van der Waals surface area contributed by atoms with Crippen molar-refractivity contribution in [3.05, 3.63) is 12.3 Å². The summed E-state index contributed by atoms with van der Waals surface area (Å²) in [6.07, 6.45) is 3.69. The van der Waals surface area contributed by atoms with Crippen LogP contribution in [0.1, 0.15) is 26.7 Å². The molecule has 0 aromatic carbocycles. The van der Waals surface area contributed by atoms with Crippen molar-refractivity contribution in [3.8, 4) is 5.88 Å². The topological polar surface area (TPSA) is 67.3 Å². The van der Waals surface area contributed by atoms with Gasteiger partial charge in [0.15, 0.2) is 0 Å². The van der Waals surface area contributed by atoms with Crippen LogP contribution in [0.3, 0.4) is 0 Å². The summed E-state index contributed by atoms with van der Waals surface area (Å²) in [5.74, 6) is 1.51. The number of aliphatic hydroxyl groups is 1. The number of hydrogen-bond donors (Lipinski definition) is 2. The lowest BCUT2D eigenvalue weighted by molar-refractivity contribution is 0.164. The molecule has 1 aliphatic carbocycles. The summed E-state index contributed by atoms with van der Waals surface area (Å²) in [5, 5.41) is 12.7. The van der Waals surface area contributed by atoms with Gasteiger partial charge in [0.1, 0.15) is 0 Å². The zero-order chi connectivity index (χ0) is 12.3. The zero-order valence-electron chi connectivity index (χ0n) is 10.3. The summed E-state index contributed by atoms with van der Waals surface area (Å²) in [7, 11) is 0. The maximum absolute atomic E-state index is 9.72. The Morgan fingerprint density at radius 3 is 2.94 bits per heavy atom. The van der Waals surface area contributed by atoms with Crippen LogP contribution in [-0.2, 0) is 0 Å². The Balaban J connectivity index is 1.86. The third-order valence-corrected chi connectivity index (χ3v) is 2.62. The molecule has 17 heavy (non-hydrogen) atoms. The minimum Gasteiger partial charge on any atom is -0.475 e. The van der Waals surface area contributed by atoms with Gasteiger partial charge in [-0.05, 0) is 32.6 Å². The van der Waals surface area contributed by atoms with Crippen molar-refractivity contribution in [2.75, 3.05) is 11.9 Å². The molecule has 1 aromatic rings. The fourth-order valence-corrected chi connectivity index (χ4v) is 1.58. The molecule has 1 fully saturated rings. The van der Waals surface area contributed by atoms with Crippen molar-refractivity contribution < 1.29 is 9.84 Å². The Morgan fingerprint density at radius 1 is 1.53 bits per heavy atom. The molecule has 0 spiro atoms. The van der Waals surface area contributed by atoms with Gasteiger partial charge in [-0.15, -0.1) is 0 Å². The van der Waals surface area contributed by atoms with Crippen LogP contribution < -0.4 is 10.1 Å². The quantitative estimate of drug-likeness (QED) is 0.783. The Labute approximate surface area is 101 Å². The molecule has 2 N–H and O–H groups in total. The van der Waals surface area contributed by atoms with Gasteiger partial charge in [-0.2, -0.15) is 4.98 Å². The highest BCUT2D eigenvalue weighted by Crippen LogP contribution is 2.32. The van der Waals surface area contributed by atoms with Crippen LogP contribution in [0.2, 0.25) is 0 Å². The van der Waals surface area contributed by atoms with E-state index in [4.69, 9.17) is 4.74 Å². The van der Waals surface area contributed by atoms with Crippen LogP contribution in [0.4, 0.5) is 5.95 Å². The molecule has 0 saturated heterocycles. The molecule has 0 bridgehead atoms. The fourth-order valence-electron chi connectivity index (χ4n) is 1.58. The maximum atomic E-state index is 9.72. The zero-order valence-corrected chi connectivity index (χ0v) is 10.3. The third kappa shape index (κ3) is 3.85. The first-order valence-corrected chi connectivity index (χ1v) is 6.07. The predicted octanol–water partition coefficient (Wildman–Crippen LogP) is 1.45. The Bertz CT molecular complexity index is 367. The Hall–Kier alpha value is -1.36. The molecule has 0 aliphatic heterocycles. The van der Waals surface area contributed by atoms with Gasteiger partial charge in [0.05, 0.1) is 12.2 Å². The number of hydrogen-bond acceptors (Lipinski definition) is 5. The predicted molar refractivity (Wildman–Crippen MR) is 65.0 cm³/mol. The minimum absolute atomic E-state index is 0.0924. The lowest BCUT2D eigenvalue weighted by atomic mass is 10.2. The maximum Gasteiger partial charge on any atom is 0.226 e. The molecule has 0 radical (unpaired) electrons. The van der Waals surface area contributed by atoms with Crippen LogP contribution in [0, 0.1) is 5.92 Å². The monoisotopic (exact) mass is 237 g/mol. The first-order chi connectivity index (χ1) is 8.15. The molecule has 94 valence electrons. The van der Waals surface area contributed by atoms with Gasteiger partial charge >= 0.3 is 0 Å². The average Bonchev–Trinajstić information content (AvgIpc) is 3.09. The molecular formula is C12H19N3O2. The number of anilines is 1. The molecule has 5 heteroatoms. The smallest absolute Gasteiger partial charge is 0.226 e. The largest absolute Gasteiger partial charge is 0.475 e. The van der Waals surface area contributed by atoms with Gasteiger partial charge in [-0.25, -0.2) is 4.98 Å². The normalized spacial score (nSPS) is 16.9. The summed E-state index contributed by atoms with van der Waals surface area (Å²) in [4.78, 5) is 8.29. The molecule has 0 amide bonds. The van der Waals surface area contributed by atoms with E-state index in [9.17, 15) is 5.11 Å². The van der Waals surface area contributed by atoms with Gasteiger partial charge in [-0.1, -0.05) is 0 Å². The molecule has 1 unspecified atom stereocenters. The van der Waals surface area contributed by atoms with E-state index < -0.39 is 0 Å². The van der Waals surface area contributed by atoms with Gasteiger partial charge in [0.2, 0.25) is 11.8 Å². The Morgan fingerprint density at radius 2 is 2.29 bits per heavy atom. The van der Waals surface area contributed by atoms with Crippen molar-refractivity contribution in [2.24, 2.45) is 5.92 Å². The van der Waals surface area contributed by atoms with E-state index in [1.165, 1.54) is 0 Å². The van der Waals surface area contributed by atoms with Gasteiger partial charge < -0.3 is 15.2 Å². The highest BCUT2D eigenvalue weighted by atomic mass is 16.5. The second kappa shape index (κ2) is 5.31. The number of aromatic nitrogens is 2. The van der Waals surface area contributed by atoms with E-state index in [2.05, 4.69) is 15.3 Å². The standard InChI is InChI=1S/C12H19N3O2/c1-8(2)17-11-5-6-13-12(15-11)14-7-10(16)9-3-4-9/h5-6,8-10,16H,3-4,7H2,1-2H3,(H,13,14,15). The van der Waals surface area contributed by atoms with E-state index >= 15 is 0 Å². The first kappa shape index (κ1) is 12.1. The van der Waals surface area contributed by atoms with Crippen molar-refractivity contribution in [1.29, 1.82) is 0 Å². The summed E-state index contributed by atoms with van der Waals surface area (Å²) in [6.45, 7) is 4.40. The third-order valence-electron chi connectivity index (χ3n) is 2.62. The van der Waals surface area contributed by atoms with Crippen molar-refractivity contribution in [3.63, 3.8) is 0 Å². The second-order valence-electron chi connectivity index (χ2n) is 4.67. The summed E-state index contributed by atoms with van der Waals surface area (Å²) >= 11 is 0. The van der Waals surface area contributed by atoms with E-state index in [0.717, 1.165) is 12.8 Å². The number of ether oxygens (including phenoxy) is 1. The molecule has 1 atom stereocenters. The lowest BCUT2D eigenvalue weighted by Gasteiger charge is -2.12. The average molecular weight is 237 g/mol. The number of nitrogens with zero attached hydrogens (tertiary/aromatic N) is 2. The molecule has 1 saturated carbocycles. The Kier molecular flexibility index (Phi) is 3.78. The summed E-state index contributed by atoms with van der Waals surface area (Å²) in [5.41, 5.74) is 0. The summed E-state index contributed by atoms with van der Waals surface area (Å²) in [6, 6.07) is 1.72. The van der Waals surface area contributed by atoms with Crippen LogP contribution in [-0.4, -0.2) is 33.8 Å². The highest BCUT2D eigenvalue weighted by molar-refractivity contribution is 5.27. The van der Waals surface area contributed by atoms with Crippen molar-refractivity contribution >= 4 is 5.95 Å². The van der Waals surface area contributed by atoms with Gasteiger partial charge in [0.25, 0.3) is 0 Å². The van der Waals surface area contributed by atoms with E-state index in [1.54, 1.807) is 12.3 Å². The molecule has 5 nitrogen and oxygen atoms in total. The van der Waals surface area contributed by atoms with Crippen LogP contribution in [0.15, 0.2) is 12.3 Å². The highest BCUT2D eigenvalue weighted by Gasteiger charge is 2.29. The SMILES string of the molecule is CC(C)Oc1ccnc(NCC(O)C2CC2)n1. The van der Waals surface area contributed by atoms with Crippen molar-refractivity contribution in [1.82, 2.24) is 9.97 Å². The molecule has 1 heterocycles. The summed E-state index contributed by atoms with van der Waals surface area (Å²) < 4.78 is 5.47. The van der Waals surface area contributed by atoms with Crippen LogP contribution in [0.5, 0.6) is 5.88 Å². The lowest BCUT2D eigenvalue weighted by Crippen LogP contribution is -2.22. The molecule has 1 aliphatic rings. The molecular weight excluding hydrogens is 218 g/mol. The van der Waals surface area contributed by atoms with Crippen LogP contribution in [0.25, 0.3) is 0 Å². The van der Waals surface area contributed by atoms with E-state index in [1.807, 2.05) is 13.8 Å². The second-order valence-corrected chi connectivity index (χ2v) is 4.67.